The Balaban J connectivity index is 2.36. The SMILES string of the molecule is C=CCC1(C(=O)OC)CCCC(C(=O)OC)N1C(=O)OCc1ccccc1. The minimum atomic E-state index is -1.35. The molecule has 2 atom stereocenters. The molecule has 0 spiro atoms. The number of rotatable bonds is 6. The molecule has 2 rings (SSSR count). The summed E-state index contributed by atoms with van der Waals surface area (Å²) in [5.41, 5.74) is -0.550. The lowest BCUT2D eigenvalue weighted by Crippen LogP contribution is -2.65. The van der Waals surface area contributed by atoms with Crippen LogP contribution in [0.3, 0.4) is 0 Å². The highest BCUT2D eigenvalue weighted by Gasteiger charge is 2.54. The van der Waals surface area contributed by atoms with Gasteiger partial charge in [-0.25, -0.2) is 14.4 Å². The average molecular weight is 375 g/mol. The summed E-state index contributed by atoms with van der Waals surface area (Å²) in [6, 6.07) is 8.23. The van der Waals surface area contributed by atoms with Gasteiger partial charge in [0.05, 0.1) is 14.2 Å². The van der Waals surface area contributed by atoms with Crippen LogP contribution in [-0.2, 0) is 30.4 Å². The Morgan fingerprint density at radius 1 is 1.22 bits per heavy atom. The lowest BCUT2D eigenvalue weighted by molar-refractivity contribution is -0.165. The highest BCUT2D eigenvalue weighted by atomic mass is 16.6. The summed E-state index contributed by atoms with van der Waals surface area (Å²) in [7, 11) is 2.50. The molecule has 1 heterocycles. The number of benzene rings is 1. The Morgan fingerprint density at radius 2 is 1.93 bits per heavy atom. The first-order valence-corrected chi connectivity index (χ1v) is 8.77. The molecule has 1 amide bonds. The van der Waals surface area contributed by atoms with Gasteiger partial charge in [0, 0.05) is 0 Å². The highest BCUT2D eigenvalue weighted by molar-refractivity contribution is 5.90. The van der Waals surface area contributed by atoms with Crippen LogP contribution in [0.1, 0.15) is 31.2 Å². The van der Waals surface area contributed by atoms with Crippen molar-refractivity contribution in [1.82, 2.24) is 4.90 Å². The van der Waals surface area contributed by atoms with Crippen molar-refractivity contribution < 1.29 is 28.6 Å². The molecule has 0 bridgehead atoms. The van der Waals surface area contributed by atoms with Gasteiger partial charge in [-0.2, -0.15) is 0 Å². The third-order valence-electron chi connectivity index (χ3n) is 4.76. The van der Waals surface area contributed by atoms with Crippen LogP contribution in [0.2, 0.25) is 0 Å². The third kappa shape index (κ3) is 4.30. The molecule has 0 N–H and O–H groups in total. The van der Waals surface area contributed by atoms with E-state index < -0.39 is 29.6 Å². The summed E-state index contributed by atoms with van der Waals surface area (Å²) in [5, 5.41) is 0. The number of carbonyl (C=O) groups excluding carboxylic acids is 3. The van der Waals surface area contributed by atoms with Gasteiger partial charge in [-0.15, -0.1) is 6.58 Å². The van der Waals surface area contributed by atoms with Gasteiger partial charge >= 0.3 is 18.0 Å². The van der Waals surface area contributed by atoms with Crippen LogP contribution >= 0.6 is 0 Å². The number of piperidine rings is 1. The van der Waals surface area contributed by atoms with Gasteiger partial charge in [0.15, 0.2) is 0 Å². The van der Waals surface area contributed by atoms with Crippen molar-refractivity contribution >= 4 is 18.0 Å². The maximum absolute atomic E-state index is 13.0. The van der Waals surface area contributed by atoms with E-state index in [9.17, 15) is 14.4 Å². The van der Waals surface area contributed by atoms with E-state index in [1.807, 2.05) is 30.3 Å². The van der Waals surface area contributed by atoms with Gasteiger partial charge in [0.2, 0.25) is 0 Å². The molecule has 27 heavy (non-hydrogen) atoms. The molecule has 2 unspecified atom stereocenters. The van der Waals surface area contributed by atoms with Gasteiger partial charge in [-0.3, -0.25) is 4.90 Å². The topological polar surface area (TPSA) is 82.1 Å². The molecule has 1 aliphatic rings. The molecule has 146 valence electrons. The molecule has 7 heteroatoms. The number of carbonyl (C=O) groups is 3. The predicted molar refractivity (Wildman–Crippen MR) is 97.7 cm³/mol. The minimum absolute atomic E-state index is 0.0232. The molecule has 0 aromatic heterocycles. The maximum Gasteiger partial charge on any atom is 0.411 e. The van der Waals surface area contributed by atoms with Crippen molar-refractivity contribution in [2.75, 3.05) is 14.2 Å². The zero-order valence-electron chi connectivity index (χ0n) is 15.7. The van der Waals surface area contributed by atoms with Gasteiger partial charge in [-0.1, -0.05) is 36.4 Å². The monoisotopic (exact) mass is 375 g/mol. The van der Waals surface area contributed by atoms with Crippen LogP contribution < -0.4 is 0 Å². The second-order valence-corrected chi connectivity index (χ2v) is 6.36. The Bertz CT molecular complexity index is 689. The number of ether oxygens (including phenoxy) is 3. The number of likely N-dealkylation sites (tertiary alicyclic amines) is 1. The quantitative estimate of drug-likeness (QED) is 0.432. The summed E-state index contributed by atoms with van der Waals surface area (Å²) in [6.07, 6.45) is 2.20. The molecular formula is C20H25NO6. The molecule has 7 nitrogen and oxygen atoms in total. The lowest BCUT2D eigenvalue weighted by Gasteiger charge is -2.46. The van der Waals surface area contributed by atoms with Gasteiger partial charge < -0.3 is 14.2 Å². The van der Waals surface area contributed by atoms with E-state index in [0.29, 0.717) is 19.3 Å². The molecule has 1 aromatic rings. The second-order valence-electron chi connectivity index (χ2n) is 6.36. The number of methoxy groups -OCH3 is 2. The number of esters is 2. The highest BCUT2D eigenvalue weighted by Crippen LogP contribution is 2.37. The van der Waals surface area contributed by atoms with Crippen molar-refractivity contribution in [2.45, 2.75) is 43.9 Å². The smallest absolute Gasteiger partial charge is 0.411 e. The Hall–Kier alpha value is -2.83. The van der Waals surface area contributed by atoms with Crippen LogP contribution in [0, 0.1) is 0 Å². The molecule has 0 aliphatic carbocycles. The Morgan fingerprint density at radius 3 is 2.52 bits per heavy atom. The Labute approximate surface area is 158 Å². The van der Waals surface area contributed by atoms with Gasteiger partial charge in [-0.05, 0) is 31.2 Å². The number of nitrogens with zero attached hydrogens (tertiary/aromatic N) is 1. The van der Waals surface area contributed by atoms with Crippen molar-refractivity contribution in [3.05, 3.63) is 48.6 Å². The van der Waals surface area contributed by atoms with E-state index in [1.54, 1.807) is 0 Å². The molecular weight excluding hydrogens is 350 g/mol. The zero-order chi connectivity index (χ0) is 19.9. The number of amides is 1. The minimum Gasteiger partial charge on any atom is -0.467 e. The van der Waals surface area contributed by atoms with Crippen molar-refractivity contribution in [3.8, 4) is 0 Å². The van der Waals surface area contributed by atoms with E-state index in [-0.39, 0.29) is 13.0 Å². The fourth-order valence-corrected chi connectivity index (χ4v) is 3.50. The first kappa shape index (κ1) is 20.5. The third-order valence-corrected chi connectivity index (χ3v) is 4.76. The predicted octanol–water partition coefficient (Wildman–Crippen LogP) is 2.84. The standard InChI is InChI=1S/C20H25NO6/c1-4-12-20(18(23)26-3)13-8-11-16(17(22)25-2)21(20)19(24)27-14-15-9-6-5-7-10-15/h4-7,9-10,16H,1,8,11-14H2,2-3H3. The lowest BCUT2D eigenvalue weighted by atomic mass is 9.81. The summed E-state index contributed by atoms with van der Waals surface area (Å²) >= 11 is 0. The van der Waals surface area contributed by atoms with Crippen LogP contribution in [0.4, 0.5) is 4.79 Å². The van der Waals surface area contributed by atoms with E-state index in [0.717, 1.165) is 5.56 Å². The molecule has 1 fully saturated rings. The molecule has 1 aromatic carbocycles. The fraction of sp³-hybridized carbons (Fsp3) is 0.450. The van der Waals surface area contributed by atoms with Crippen molar-refractivity contribution in [2.24, 2.45) is 0 Å². The van der Waals surface area contributed by atoms with E-state index in [2.05, 4.69) is 6.58 Å². The molecule has 0 saturated carbocycles. The van der Waals surface area contributed by atoms with Gasteiger partial charge in [0.1, 0.15) is 18.2 Å². The van der Waals surface area contributed by atoms with E-state index in [4.69, 9.17) is 14.2 Å². The molecule has 1 saturated heterocycles. The Kier molecular flexibility index (Phi) is 6.98. The van der Waals surface area contributed by atoms with Gasteiger partial charge in [0.25, 0.3) is 0 Å². The normalized spacial score (nSPS) is 21.9. The van der Waals surface area contributed by atoms with Crippen LogP contribution in [-0.4, -0.2) is 48.7 Å². The largest absolute Gasteiger partial charge is 0.467 e. The summed E-state index contributed by atoms with van der Waals surface area (Å²) in [6.45, 7) is 3.71. The van der Waals surface area contributed by atoms with E-state index in [1.165, 1.54) is 25.2 Å². The number of hydrogen-bond donors (Lipinski definition) is 0. The summed E-state index contributed by atoms with van der Waals surface area (Å²) in [4.78, 5) is 39.1. The first-order chi connectivity index (χ1) is 13.0. The maximum atomic E-state index is 13.0. The zero-order valence-corrected chi connectivity index (χ0v) is 15.7. The van der Waals surface area contributed by atoms with Crippen LogP contribution in [0.25, 0.3) is 0 Å². The van der Waals surface area contributed by atoms with E-state index >= 15 is 0 Å². The van der Waals surface area contributed by atoms with Crippen LogP contribution in [0.5, 0.6) is 0 Å². The average Bonchev–Trinajstić information content (AvgIpc) is 2.71. The van der Waals surface area contributed by atoms with Crippen molar-refractivity contribution in [1.29, 1.82) is 0 Å². The fourth-order valence-electron chi connectivity index (χ4n) is 3.50. The van der Waals surface area contributed by atoms with Crippen LogP contribution in [0.15, 0.2) is 43.0 Å². The number of hydrogen-bond acceptors (Lipinski definition) is 6. The summed E-state index contributed by atoms with van der Waals surface area (Å²) < 4.78 is 15.2. The first-order valence-electron chi connectivity index (χ1n) is 8.77. The summed E-state index contributed by atoms with van der Waals surface area (Å²) in [5.74, 6) is -1.20. The van der Waals surface area contributed by atoms with Crippen molar-refractivity contribution in [3.63, 3.8) is 0 Å². The molecule has 0 radical (unpaired) electrons. The second kappa shape index (κ2) is 9.21. The molecule has 1 aliphatic heterocycles.